The van der Waals surface area contributed by atoms with Crippen LogP contribution < -0.4 is 0 Å². The average molecular weight is 227 g/mol. The van der Waals surface area contributed by atoms with E-state index in [9.17, 15) is 0 Å². The molecule has 0 saturated heterocycles. The molecule has 0 fully saturated rings. The zero-order chi connectivity index (χ0) is 12.1. The van der Waals surface area contributed by atoms with Crippen molar-refractivity contribution in [3.63, 3.8) is 0 Å². The third-order valence-electron chi connectivity index (χ3n) is 2.67. The fourth-order valence-electron chi connectivity index (χ4n) is 1.62. The lowest BCUT2D eigenvalue weighted by atomic mass is 10.2. The molecule has 0 atom stereocenters. The molecule has 88 valence electrons. The summed E-state index contributed by atoms with van der Waals surface area (Å²) >= 11 is 0. The number of benzene rings is 1. The van der Waals surface area contributed by atoms with Crippen molar-refractivity contribution in [2.24, 2.45) is 4.99 Å². The summed E-state index contributed by atoms with van der Waals surface area (Å²) in [7, 11) is 0. The lowest BCUT2D eigenvalue weighted by molar-refractivity contribution is 0.219. The van der Waals surface area contributed by atoms with Gasteiger partial charge in [-0.1, -0.05) is 42.5 Å². The number of aliphatic imine (C=N–C) groups is 1. The van der Waals surface area contributed by atoms with Crippen molar-refractivity contribution in [3.05, 3.63) is 59.9 Å². The van der Waals surface area contributed by atoms with E-state index in [0.717, 1.165) is 24.2 Å². The molecule has 1 aromatic carbocycles. The number of aryl methyl sites for hydroxylation is 1. The lowest BCUT2D eigenvalue weighted by Crippen LogP contribution is -2.06. The van der Waals surface area contributed by atoms with Gasteiger partial charge < -0.3 is 4.74 Å². The van der Waals surface area contributed by atoms with Gasteiger partial charge in [-0.05, 0) is 25.0 Å². The van der Waals surface area contributed by atoms with Crippen LogP contribution in [-0.4, -0.2) is 12.3 Å². The van der Waals surface area contributed by atoms with Crippen molar-refractivity contribution in [1.29, 1.82) is 0 Å². The predicted molar refractivity (Wildman–Crippen MR) is 71.2 cm³/mol. The summed E-state index contributed by atoms with van der Waals surface area (Å²) in [5.41, 5.74) is 3.27. The van der Waals surface area contributed by atoms with Gasteiger partial charge in [-0.25, -0.2) is 0 Å². The van der Waals surface area contributed by atoms with E-state index in [0.29, 0.717) is 12.4 Å². The number of hydrogen-bond acceptors (Lipinski definition) is 2. The van der Waals surface area contributed by atoms with Gasteiger partial charge in [0.25, 0.3) is 0 Å². The van der Waals surface area contributed by atoms with Crippen molar-refractivity contribution in [2.75, 3.05) is 6.54 Å². The third kappa shape index (κ3) is 3.31. The highest BCUT2D eigenvalue weighted by atomic mass is 16.5. The minimum Gasteiger partial charge on any atom is -0.487 e. The molecule has 2 heteroatoms. The first kappa shape index (κ1) is 11.6. The van der Waals surface area contributed by atoms with Gasteiger partial charge in [-0.3, -0.25) is 4.99 Å². The molecular formula is C15H17NO. The molecule has 1 aromatic rings. The standard InChI is InChI=1S/C15H17NO/c1-12-6-8-14(9-7-12)11-17-13(2)15-5-3-4-10-16-15/h3,5-9H,2,4,10-11H2,1H3. The summed E-state index contributed by atoms with van der Waals surface area (Å²) in [6, 6.07) is 8.31. The molecule has 17 heavy (non-hydrogen) atoms. The Labute approximate surface area is 102 Å². The summed E-state index contributed by atoms with van der Waals surface area (Å²) in [5, 5.41) is 0. The topological polar surface area (TPSA) is 21.6 Å². The molecule has 0 unspecified atom stereocenters. The van der Waals surface area contributed by atoms with E-state index in [1.165, 1.54) is 5.56 Å². The highest BCUT2D eigenvalue weighted by molar-refractivity contribution is 6.06. The summed E-state index contributed by atoms with van der Waals surface area (Å²) in [4.78, 5) is 4.36. The normalized spacial score (nSPS) is 14.3. The number of nitrogens with zero attached hydrogens (tertiary/aromatic N) is 1. The molecule has 0 N–H and O–H groups in total. The Morgan fingerprint density at radius 1 is 1.35 bits per heavy atom. The van der Waals surface area contributed by atoms with E-state index in [1.807, 2.05) is 6.08 Å². The largest absolute Gasteiger partial charge is 0.487 e. The zero-order valence-corrected chi connectivity index (χ0v) is 10.1. The van der Waals surface area contributed by atoms with E-state index in [1.54, 1.807) is 0 Å². The molecule has 1 aliphatic rings. The van der Waals surface area contributed by atoms with Crippen molar-refractivity contribution in [2.45, 2.75) is 20.0 Å². The van der Waals surface area contributed by atoms with Gasteiger partial charge >= 0.3 is 0 Å². The van der Waals surface area contributed by atoms with Gasteiger partial charge in [-0.15, -0.1) is 0 Å². The maximum absolute atomic E-state index is 5.63. The van der Waals surface area contributed by atoms with Crippen molar-refractivity contribution in [3.8, 4) is 0 Å². The van der Waals surface area contributed by atoms with Gasteiger partial charge in [0.1, 0.15) is 12.4 Å². The summed E-state index contributed by atoms with van der Waals surface area (Å²) in [6.07, 6.45) is 5.08. The Balaban J connectivity index is 1.90. The van der Waals surface area contributed by atoms with Crippen LogP contribution in [0.1, 0.15) is 17.5 Å². The van der Waals surface area contributed by atoms with Crippen molar-refractivity contribution in [1.82, 2.24) is 0 Å². The number of allylic oxidation sites excluding steroid dienone is 1. The Hall–Kier alpha value is -1.83. The van der Waals surface area contributed by atoms with Crippen LogP contribution in [0.15, 0.2) is 53.7 Å². The van der Waals surface area contributed by atoms with Crippen LogP contribution in [0, 0.1) is 6.92 Å². The first-order valence-electron chi connectivity index (χ1n) is 5.84. The Morgan fingerprint density at radius 2 is 2.12 bits per heavy atom. The highest BCUT2D eigenvalue weighted by Crippen LogP contribution is 2.10. The molecule has 0 aliphatic carbocycles. The van der Waals surface area contributed by atoms with E-state index in [4.69, 9.17) is 4.74 Å². The lowest BCUT2D eigenvalue weighted by Gasteiger charge is -2.11. The molecule has 1 heterocycles. The number of ether oxygens (including phenoxy) is 1. The van der Waals surface area contributed by atoms with Crippen molar-refractivity contribution < 1.29 is 4.74 Å². The van der Waals surface area contributed by atoms with Gasteiger partial charge in [-0.2, -0.15) is 0 Å². The van der Waals surface area contributed by atoms with Crippen LogP contribution in [0.5, 0.6) is 0 Å². The summed E-state index contributed by atoms with van der Waals surface area (Å²) in [6.45, 7) is 7.36. The zero-order valence-electron chi connectivity index (χ0n) is 10.1. The van der Waals surface area contributed by atoms with Gasteiger partial charge in [0.05, 0.1) is 5.71 Å². The Morgan fingerprint density at radius 3 is 2.76 bits per heavy atom. The SMILES string of the molecule is C=C(OCc1ccc(C)cc1)C1=NCCC=C1. The third-order valence-corrected chi connectivity index (χ3v) is 2.67. The second-order valence-electron chi connectivity index (χ2n) is 4.16. The van der Waals surface area contributed by atoms with Crippen LogP contribution in [-0.2, 0) is 11.3 Å². The van der Waals surface area contributed by atoms with Crippen molar-refractivity contribution >= 4 is 5.71 Å². The fraction of sp³-hybridized carbons (Fsp3) is 0.267. The summed E-state index contributed by atoms with van der Waals surface area (Å²) in [5.74, 6) is 0.654. The van der Waals surface area contributed by atoms with E-state index in [2.05, 4.69) is 48.8 Å². The second-order valence-corrected chi connectivity index (χ2v) is 4.16. The minimum atomic E-state index is 0.548. The number of rotatable bonds is 4. The maximum atomic E-state index is 5.63. The molecule has 2 nitrogen and oxygen atoms in total. The van der Waals surface area contributed by atoms with Gasteiger partial charge in [0.15, 0.2) is 0 Å². The Bertz CT molecular complexity index is 454. The average Bonchev–Trinajstić information content (AvgIpc) is 2.39. The highest BCUT2D eigenvalue weighted by Gasteiger charge is 2.05. The monoisotopic (exact) mass is 227 g/mol. The molecule has 0 bridgehead atoms. The van der Waals surface area contributed by atoms with Gasteiger partial charge in [0, 0.05) is 6.54 Å². The molecule has 0 amide bonds. The van der Waals surface area contributed by atoms with E-state index >= 15 is 0 Å². The Kier molecular flexibility index (Phi) is 3.76. The predicted octanol–water partition coefficient (Wildman–Crippen LogP) is 3.43. The van der Waals surface area contributed by atoms with Crippen LogP contribution in [0.2, 0.25) is 0 Å². The smallest absolute Gasteiger partial charge is 0.137 e. The van der Waals surface area contributed by atoms with Crippen LogP contribution in [0.4, 0.5) is 0 Å². The molecule has 0 spiro atoms. The van der Waals surface area contributed by atoms with E-state index < -0.39 is 0 Å². The molecule has 1 aliphatic heterocycles. The number of hydrogen-bond donors (Lipinski definition) is 0. The molecular weight excluding hydrogens is 210 g/mol. The molecule has 2 rings (SSSR count). The fourth-order valence-corrected chi connectivity index (χ4v) is 1.62. The van der Waals surface area contributed by atoms with Crippen LogP contribution >= 0.6 is 0 Å². The summed E-state index contributed by atoms with van der Waals surface area (Å²) < 4.78 is 5.63. The van der Waals surface area contributed by atoms with E-state index in [-0.39, 0.29) is 0 Å². The first-order chi connectivity index (χ1) is 8.25. The quantitative estimate of drug-likeness (QED) is 0.722. The minimum absolute atomic E-state index is 0.548. The molecule has 0 aromatic heterocycles. The van der Waals surface area contributed by atoms with Gasteiger partial charge in [0.2, 0.25) is 0 Å². The second kappa shape index (κ2) is 5.48. The molecule has 0 radical (unpaired) electrons. The van der Waals surface area contributed by atoms with Crippen LogP contribution in [0.25, 0.3) is 0 Å². The van der Waals surface area contributed by atoms with Crippen LogP contribution in [0.3, 0.4) is 0 Å². The first-order valence-corrected chi connectivity index (χ1v) is 5.84. The number of dihydropyridines is 1. The maximum Gasteiger partial charge on any atom is 0.137 e. The molecule has 0 saturated carbocycles.